The van der Waals surface area contributed by atoms with Crippen molar-refractivity contribution in [3.63, 3.8) is 0 Å². The van der Waals surface area contributed by atoms with E-state index < -0.39 is 6.03 Å². The van der Waals surface area contributed by atoms with Crippen LogP contribution >= 0.6 is 0 Å². The molecule has 0 saturated carbocycles. The van der Waals surface area contributed by atoms with Gasteiger partial charge in [-0.25, -0.2) is 19.2 Å². The second-order valence-electron chi connectivity index (χ2n) is 6.23. The highest BCUT2D eigenvalue weighted by molar-refractivity contribution is 5.99. The van der Waals surface area contributed by atoms with Crippen molar-refractivity contribution in [1.82, 2.24) is 15.3 Å². The maximum Gasteiger partial charge on any atom is 0.324 e. The number of nitrogens with zero attached hydrogens (tertiary/aromatic N) is 3. The molecule has 0 saturated heterocycles. The molecule has 1 aromatic heterocycles. The summed E-state index contributed by atoms with van der Waals surface area (Å²) in [6, 6.07) is 15.3. The van der Waals surface area contributed by atoms with Crippen LogP contribution in [0.1, 0.15) is 16.8 Å². The van der Waals surface area contributed by atoms with E-state index in [0.29, 0.717) is 12.2 Å². The Balaban J connectivity index is 1.46. The fraction of sp³-hybridized carbons (Fsp3) is 0.143. The SMILES string of the molecule is N#Cc1cnc(NC(=O)Nc2cccc(CCNCc3ccc(F)cc3)c2)cn1. The zero-order valence-corrected chi connectivity index (χ0v) is 15.5. The van der Waals surface area contributed by atoms with E-state index in [0.717, 1.165) is 24.1 Å². The Bertz CT molecular complexity index is 999. The standard InChI is InChI=1S/C21H19FN6O/c22-17-6-4-16(5-7-17)12-24-9-8-15-2-1-3-18(10-15)27-21(29)28-20-14-25-19(11-23)13-26-20/h1-7,10,13-14,24H,8-9,12H2,(H2,26,27,28,29). The van der Waals surface area contributed by atoms with Crippen LogP contribution in [0, 0.1) is 17.1 Å². The molecule has 0 unspecified atom stereocenters. The minimum absolute atomic E-state index is 0.177. The number of hydrogen-bond donors (Lipinski definition) is 3. The van der Waals surface area contributed by atoms with Gasteiger partial charge in [0.1, 0.15) is 11.9 Å². The molecule has 0 bridgehead atoms. The van der Waals surface area contributed by atoms with E-state index in [2.05, 4.69) is 25.9 Å². The highest BCUT2D eigenvalue weighted by Gasteiger charge is 2.05. The largest absolute Gasteiger partial charge is 0.324 e. The van der Waals surface area contributed by atoms with Crippen molar-refractivity contribution in [3.05, 3.63) is 83.6 Å². The van der Waals surface area contributed by atoms with Gasteiger partial charge in [-0.2, -0.15) is 5.26 Å². The molecular formula is C21H19FN6O. The number of hydrogen-bond acceptors (Lipinski definition) is 5. The highest BCUT2D eigenvalue weighted by atomic mass is 19.1. The summed E-state index contributed by atoms with van der Waals surface area (Å²) < 4.78 is 12.9. The van der Waals surface area contributed by atoms with Gasteiger partial charge in [0.2, 0.25) is 0 Å². The lowest BCUT2D eigenvalue weighted by Crippen LogP contribution is -2.20. The number of rotatable bonds is 7. The van der Waals surface area contributed by atoms with Crippen molar-refractivity contribution in [2.75, 3.05) is 17.2 Å². The van der Waals surface area contributed by atoms with E-state index in [-0.39, 0.29) is 17.3 Å². The topological polar surface area (TPSA) is 103 Å². The quantitative estimate of drug-likeness (QED) is 0.536. The molecule has 0 aliphatic heterocycles. The summed E-state index contributed by atoms with van der Waals surface area (Å²) in [4.78, 5) is 19.9. The molecule has 0 fully saturated rings. The van der Waals surface area contributed by atoms with Crippen molar-refractivity contribution in [2.24, 2.45) is 0 Å². The van der Waals surface area contributed by atoms with Crippen LogP contribution in [-0.2, 0) is 13.0 Å². The summed E-state index contributed by atoms with van der Waals surface area (Å²) in [5.74, 6) is 0.0102. The third-order valence-corrected chi connectivity index (χ3v) is 4.03. The van der Waals surface area contributed by atoms with Crippen molar-refractivity contribution in [2.45, 2.75) is 13.0 Å². The number of benzene rings is 2. The van der Waals surface area contributed by atoms with Gasteiger partial charge in [-0.15, -0.1) is 0 Å². The average molecular weight is 390 g/mol. The highest BCUT2D eigenvalue weighted by Crippen LogP contribution is 2.12. The first kappa shape index (κ1) is 19.9. The Hall–Kier alpha value is -3.83. The van der Waals surface area contributed by atoms with Crippen LogP contribution in [-0.4, -0.2) is 22.5 Å². The lowest BCUT2D eigenvalue weighted by atomic mass is 10.1. The van der Waals surface area contributed by atoms with E-state index in [9.17, 15) is 9.18 Å². The van der Waals surface area contributed by atoms with Crippen LogP contribution in [0.5, 0.6) is 0 Å². The van der Waals surface area contributed by atoms with Gasteiger partial charge in [0.15, 0.2) is 11.5 Å². The molecule has 0 aliphatic carbocycles. The fourth-order valence-electron chi connectivity index (χ4n) is 2.60. The van der Waals surface area contributed by atoms with Crippen LogP contribution in [0.3, 0.4) is 0 Å². The smallest absolute Gasteiger partial charge is 0.312 e. The summed E-state index contributed by atoms with van der Waals surface area (Å²) in [7, 11) is 0. The Kier molecular flexibility index (Phi) is 6.81. The maximum absolute atomic E-state index is 12.9. The third-order valence-electron chi connectivity index (χ3n) is 4.03. The summed E-state index contributed by atoms with van der Waals surface area (Å²) in [6.07, 6.45) is 3.38. The number of aromatic nitrogens is 2. The van der Waals surface area contributed by atoms with Crippen LogP contribution in [0.25, 0.3) is 0 Å². The van der Waals surface area contributed by atoms with Crippen molar-refractivity contribution in [1.29, 1.82) is 5.26 Å². The second kappa shape index (κ2) is 9.92. The first-order valence-corrected chi connectivity index (χ1v) is 8.96. The zero-order chi connectivity index (χ0) is 20.5. The third kappa shape index (κ3) is 6.37. The van der Waals surface area contributed by atoms with E-state index in [1.165, 1.54) is 24.5 Å². The molecule has 0 radical (unpaired) electrons. The predicted octanol–water partition coefficient (Wildman–Crippen LogP) is 3.46. The molecule has 146 valence electrons. The van der Waals surface area contributed by atoms with E-state index in [4.69, 9.17) is 5.26 Å². The molecule has 3 N–H and O–H groups in total. The molecule has 3 rings (SSSR count). The summed E-state index contributed by atoms with van der Waals surface area (Å²) in [5.41, 5.74) is 2.91. The maximum atomic E-state index is 12.9. The molecule has 1 heterocycles. The number of anilines is 2. The van der Waals surface area contributed by atoms with Crippen molar-refractivity contribution >= 4 is 17.5 Å². The predicted molar refractivity (Wildman–Crippen MR) is 108 cm³/mol. The number of halogens is 1. The summed E-state index contributed by atoms with van der Waals surface area (Å²) >= 11 is 0. The van der Waals surface area contributed by atoms with Crippen LogP contribution in [0.15, 0.2) is 60.9 Å². The first-order chi connectivity index (χ1) is 14.1. The van der Waals surface area contributed by atoms with Crippen molar-refractivity contribution in [3.8, 4) is 6.07 Å². The van der Waals surface area contributed by atoms with Gasteiger partial charge in [-0.1, -0.05) is 24.3 Å². The molecule has 29 heavy (non-hydrogen) atoms. The van der Waals surface area contributed by atoms with Crippen LogP contribution in [0.2, 0.25) is 0 Å². The zero-order valence-electron chi connectivity index (χ0n) is 15.5. The molecule has 0 spiro atoms. The summed E-state index contributed by atoms with van der Waals surface area (Å²) in [5, 5.41) is 17.3. The molecule has 2 amide bonds. The van der Waals surface area contributed by atoms with Crippen molar-refractivity contribution < 1.29 is 9.18 Å². The molecular weight excluding hydrogens is 371 g/mol. The number of urea groups is 1. The Morgan fingerprint density at radius 1 is 1.03 bits per heavy atom. The Morgan fingerprint density at radius 3 is 2.59 bits per heavy atom. The first-order valence-electron chi connectivity index (χ1n) is 8.96. The lowest BCUT2D eigenvalue weighted by molar-refractivity contribution is 0.262. The average Bonchev–Trinajstić information content (AvgIpc) is 2.73. The molecule has 2 aromatic carbocycles. The molecule has 8 heteroatoms. The molecule has 0 atom stereocenters. The number of carbonyl (C=O) groups is 1. The van der Waals surface area contributed by atoms with Crippen LogP contribution in [0.4, 0.5) is 20.7 Å². The fourth-order valence-corrected chi connectivity index (χ4v) is 2.60. The van der Waals surface area contributed by atoms with Gasteiger partial charge < -0.3 is 10.6 Å². The summed E-state index contributed by atoms with van der Waals surface area (Å²) in [6.45, 7) is 1.40. The van der Waals surface area contributed by atoms with Gasteiger partial charge in [0.25, 0.3) is 0 Å². The molecule has 7 nitrogen and oxygen atoms in total. The van der Waals surface area contributed by atoms with E-state index >= 15 is 0 Å². The van der Waals surface area contributed by atoms with Gasteiger partial charge in [-0.05, 0) is 48.4 Å². The number of nitrogens with one attached hydrogen (secondary N) is 3. The number of carbonyl (C=O) groups excluding carboxylic acids is 1. The van der Waals surface area contributed by atoms with E-state index in [1.807, 2.05) is 24.3 Å². The minimum atomic E-state index is -0.449. The minimum Gasteiger partial charge on any atom is -0.312 e. The molecule has 3 aromatic rings. The number of nitriles is 1. The Morgan fingerprint density at radius 2 is 1.86 bits per heavy atom. The van der Waals surface area contributed by atoms with Crippen LogP contribution < -0.4 is 16.0 Å². The number of amides is 2. The van der Waals surface area contributed by atoms with E-state index in [1.54, 1.807) is 18.2 Å². The lowest BCUT2D eigenvalue weighted by Gasteiger charge is -2.09. The van der Waals surface area contributed by atoms with Gasteiger partial charge in [-0.3, -0.25) is 5.32 Å². The van der Waals surface area contributed by atoms with Gasteiger partial charge >= 0.3 is 6.03 Å². The molecule has 0 aliphatic rings. The Labute approximate surface area is 167 Å². The second-order valence-corrected chi connectivity index (χ2v) is 6.23. The van der Waals surface area contributed by atoms with Gasteiger partial charge in [0, 0.05) is 12.2 Å². The normalized spacial score (nSPS) is 10.2. The van der Waals surface area contributed by atoms with Gasteiger partial charge in [0.05, 0.1) is 12.4 Å². The monoisotopic (exact) mass is 390 g/mol.